The van der Waals surface area contributed by atoms with Crippen LogP contribution < -0.4 is 5.32 Å². The molecule has 0 radical (unpaired) electrons. The molecular weight excluding hydrogens is 244 g/mol. The molecule has 102 valence electrons. The monoisotopic (exact) mass is 264 g/mol. The van der Waals surface area contributed by atoms with Crippen molar-refractivity contribution >= 4 is 0 Å². The molecule has 2 atom stereocenters. The van der Waals surface area contributed by atoms with E-state index in [1.165, 1.54) is 24.1 Å². The van der Waals surface area contributed by atoms with Crippen molar-refractivity contribution in [2.75, 3.05) is 13.1 Å². The standard InChI is InChI=1S/C18H20N2/c1-3-7-14(8-4-1)18(15-9-5-2-6-10-15)20-13-16-11-17(20)12-19-16/h1-10,16-19H,11-13H2. The van der Waals surface area contributed by atoms with Crippen molar-refractivity contribution in [2.24, 2.45) is 0 Å². The summed E-state index contributed by atoms with van der Waals surface area (Å²) in [5.74, 6) is 0. The van der Waals surface area contributed by atoms with Gasteiger partial charge in [-0.05, 0) is 17.5 Å². The Morgan fingerprint density at radius 2 is 1.50 bits per heavy atom. The van der Waals surface area contributed by atoms with Crippen molar-refractivity contribution in [3.63, 3.8) is 0 Å². The average Bonchev–Trinajstić information content (AvgIpc) is 3.13. The Morgan fingerprint density at radius 1 is 0.900 bits per heavy atom. The molecule has 2 unspecified atom stereocenters. The average molecular weight is 264 g/mol. The maximum absolute atomic E-state index is 3.60. The van der Waals surface area contributed by atoms with E-state index in [2.05, 4.69) is 70.9 Å². The maximum Gasteiger partial charge on any atom is 0.0605 e. The van der Waals surface area contributed by atoms with E-state index >= 15 is 0 Å². The van der Waals surface area contributed by atoms with Crippen molar-refractivity contribution in [3.05, 3.63) is 71.8 Å². The van der Waals surface area contributed by atoms with Gasteiger partial charge in [0, 0.05) is 25.2 Å². The van der Waals surface area contributed by atoms with Crippen LogP contribution in [0.25, 0.3) is 0 Å². The topological polar surface area (TPSA) is 15.3 Å². The SMILES string of the molecule is c1ccc(C(c2ccccc2)N2CC3CC2CN3)cc1. The van der Waals surface area contributed by atoms with Gasteiger partial charge in [0.1, 0.15) is 0 Å². The molecule has 0 saturated carbocycles. The molecule has 2 heterocycles. The molecule has 2 heteroatoms. The van der Waals surface area contributed by atoms with Crippen molar-refractivity contribution < 1.29 is 0 Å². The van der Waals surface area contributed by atoms with Crippen molar-refractivity contribution in [1.82, 2.24) is 10.2 Å². The number of hydrogen-bond acceptors (Lipinski definition) is 2. The van der Waals surface area contributed by atoms with Gasteiger partial charge in [-0.1, -0.05) is 60.7 Å². The molecule has 2 saturated heterocycles. The van der Waals surface area contributed by atoms with E-state index in [4.69, 9.17) is 0 Å². The van der Waals surface area contributed by atoms with Crippen LogP contribution >= 0.6 is 0 Å². The molecule has 4 rings (SSSR count). The molecule has 2 aromatic carbocycles. The van der Waals surface area contributed by atoms with Crippen LogP contribution in [0.1, 0.15) is 23.6 Å². The summed E-state index contributed by atoms with van der Waals surface area (Å²) in [6.07, 6.45) is 1.30. The highest BCUT2D eigenvalue weighted by Crippen LogP contribution is 2.36. The van der Waals surface area contributed by atoms with Gasteiger partial charge < -0.3 is 5.32 Å². The Kier molecular flexibility index (Phi) is 3.06. The first-order valence-electron chi connectivity index (χ1n) is 7.51. The van der Waals surface area contributed by atoms with Gasteiger partial charge in [0.15, 0.2) is 0 Å². The van der Waals surface area contributed by atoms with E-state index in [9.17, 15) is 0 Å². The lowest BCUT2D eigenvalue weighted by Crippen LogP contribution is -2.45. The fourth-order valence-electron chi connectivity index (χ4n) is 3.76. The summed E-state index contributed by atoms with van der Waals surface area (Å²) in [5, 5.41) is 3.60. The summed E-state index contributed by atoms with van der Waals surface area (Å²) in [5.41, 5.74) is 2.82. The lowest BCUT2D eigenvalue weighted by Gasteiger charge is -2.35. The number of rotatable bonds is 3. The number of hydrogen-bond donors (Lipinski definition) is 1. The van der Waals surface area contributed by atoms with E-state index in [0.29, 0.717) is 18.1 Å². The quantitative estimate of drug-likeness (QED) is 0.917. The van der Waals surface area contributed by atoms with E-state index < -0.39 is 0 Å². The number of nitrogens with zero attached hydrogens (tertiary/aromatic N) is 1. The van der Waals surface area contributed by atoms with Gasteiger partial charge in [0.25, 0.3) is 0 Å². The Morgan fingerprint density at radius 3 is 1.95 bits per heavy atom. The number of likely N-dealkylation sites (tertiary alicyclic amines) is 1. The van der Waals surface area contributed by atoms with Crippen LogP contribution in [-0.4, -0.2) is 30.1 Å². The molecule has 2 nitrogen and oxygen atoms in total. The molecular formula is C18H20N2. The van der Waals surface area contributed by atoms with Crippen molar-refractivity contribution in [3.8, 4) is 0 Å². The molecule has 2 aliphatic rings. The Hall–Kier alpha value is -1.64. The highest BCUT2D eigenvalue weighted by molar-refractivity contribution is 5.32. The Balaban J connectivity index is 1.74. The minimum atomic E-state index is 0.398. The van der Waals surface area contributed by atoms with E-state index in [1.54, 1.807) is 0 Å². The number of piperazine rings is 1. The molecule has 2 aromatic rings. The van der Waals surface area contributed by atoms with Gasteiger partial charge in [-0.15, -0.1) is 0 Å². The summed E-state index contributed by atoms with van der Waals surface area (Å²) in [4.78, 5) is 2.69. The third-order valence-corrected chi connectivity index (χ3v) is 4.66. The number of fused-ring (bicyclic) bond motifs is 2. The highest BCUT2D eigenvalue weighted by Gasteiger charge is 2.41. The zero-order valence-corrected chi connectivity index (χ0v) is 11.6. The smallest absolute Gasteiger partial charge is 0.0605 e. The first kappa shape index (κ1) is 12.1. The zero-order valence-electron chi connectivity index (χ0n) is 11.6. The van der Waals surface area contributed by atoms with Crippen LogP contribution in [0.15, 0.2) is 60.7 Å². The van der Waals surface area contributed by atoms with E-state index in [-0.39, 0.29) is 0 Å². The minimum absolute atomic E-state index is 0.398. The fraction of sp³-hybridized carbons (Fsp3) is 0.333. The zero-order chi connectivity index (χ0) is 13.4. The van der Waals surface area contributed by atoms with Gasteiger partial charge in [0.05, 0.1) is 6.04 Å². The Bertz CT molecular complexity index is 527. The van der Waals surface area contributed by atoms with Gasteiger partial charge >= 0.3 is 0 Å². The first-order chi connectivity index (χ1) is 9.92. The van der Waals surface area contributed by atoms with Crippen LogP contribution in [0.3, 0.4) is 0 Å². The van der Waals surface area contributed by atoms with Crippen molar-refractivity contribution in [1.29, 1.82) is 0 Å². The number of benzene rings is 2. The molecule has 2 aliphatic heterocycles. The van der Waals surface area contributed by atoms with Gasteiger partial charge in [-0.2, -0.15) is 0 Å². The van der Waals surface area contributed by atoms with Crippen molar-refractivity contribution in [2.45, 2.75) is 24.5 Å². The molecule has 0 amide bonds. The summed E-state index contributed by atoms with van der Waals surface area (Å²) in [6, 6.07) is 23.6. The lowest BCUT2D eigenvalue weighted by molar-refractivity contribution is 0.183. The molecule has 0 aromatic heterocycles. The van der Waals surface area contributed by atoms with Gasteiger partial charge in [-0.3, -0.25) is 4.90 Å². The van der Waals surface area contributed by atoms with Crippen LogP contribution in [0.5, 0.6) is 0 Å². The predicted octanol–water partition coefficient (Wildman–Crippen LogP) is 2.82. The minimum Gasteiger partial charge on any atom is -0.311 e. The molecule has 1 N–H and O–H groups in total. The molecule has 2 fully saturated rings. The molecule has 2 bridgehead atoms. The van der Waals surface area contributed by atoms with Crippen LogP contribution in [0.2, 0.25) is 0 Å². The second-order valence-corrected chi connectivity index (χ2v) is 5.92. The summed E-state index contributed by atoms with van der Waals surface area (Å²) >= 11 is 0. The van der Waals surface area contributed by atoms with Gasteiger partial charge in [-0.25, -0.2) is 0 Å². The third kappa shape index (κ3) is 2.05. The molecule has 0 spiro atoms. The second kappa shape index (κ2) is 5.04. The lowest BCUT2D eigenvalue weighted by atomic mass is 9.96. The van der Waals surface area contributed by atoms with E-state index in [0.717, 1.165) is 6.54 Å². The van der Waals surface area contributed by atoms with Gasteiger partial charge in [0.2, 0.25) is 0 Å². The van der Waals surface area contributed by atoms with E-state index in [1.807, 2.05) is 0 Å². The van der Waals surface area contributed by atoms with Crippen LogP contribution in [-0.2, 0) is 0 Å². The molecule has 0 aliphatic carbocycles. The number of nitrogens with one attached hydrogen (secondary N) is 1. The largest absolute Gasteiger partial charge is 0.311 e. The first-order valence-corrected chi connectivity index (χ1v) is 7.51. The summed E-state index contributed by atoms with van der Waals surface area (Å²) in [6.45, 7) is 2.31. The highest BCUT2D eigenvalue weighted by atomic mass is 15.3. The van der Waals surface area contributed by atoms with Crippen LogP contribution in [0.4, 0.5) is 0 Å². The maximum atomic E-state index is 3.60. The fourth-order valence-corrected chi connectivity index (χ4v) is 3.76. The third-order valence-electron chi connectivity index (χ3n) is 4.66. The summed E-state index contributed by atoms with van der Waals surface area (Å²) < 4.78 is 0. The normalized spacial score (nSPS) is 25.4. The molecule has 20 heavy (non-hydrogen) atoms. The predicted molar refractivity (Wildman–Crippen MR) is 81.6 cm³/mol. The Labute approximate surface area is 120 Å². The summed E-state index contributed by atoms with van der Waals surface area (Å²) in [7, 11) is 0. The van der Waals surface area contributed by atoms with Crippen LogP contribution in [0, 0.1) is 0 Å². The second-order valence-electron chi connectivity index (χ2n) is 5.92.